The minimum Gasteiger partial charge on any atom is -0.468 e. The summed E-state index contributed by atoms with van der Waals surface area (Å²) in [6, 6.07) is 8.06. The second kappa shape index (κ2) is 5.19. The number of rotatable bonds is 4. The summed E-state index contributed by atoms with van der Waals surface area (Å²) >= 11 is 0. The molecule has 0 bridgehead atoms. The molecule has 1 aliphatic heterocycles. The van der Waals surface area contributed by atoms with E-state index < -0.39 is 0 Å². The van der Waals surface area contributed by atoms with Crippen LogP contribution in [0.2, 0.25) is 0 Å². The third-order valence-electron chi connectivity index (χ3n) is 3.22. The Morgan fingerprint density at radius 2 is 2.29 bits per heavy atom. The number of ether oxygens (including phenoxy) is 1. The van der Waals surface area contributed by atoms with Crippen molar-refractivity contribution in [1.29, 1.82) is 0 Å². The van der Waals surface area contributed by atoms with Gasteiger partial charge in [0.25, 0.3) is 0 Å². The van der Waals surface area contributed by atoms with Crippen molar-refractivity contribution in [3.05, 3.63) is 29.8 Å². The van der Waals surface area contributed by atoms with Gasteiger partial charge >= 0.3 is 5.97 Å². The number of fused-ring (bicyclic) bond motifs is 1. The number of carbonyl (C=O) groups is 1. The molecule has 1 N–H and O–H groups in total. The molecule has 0 fully saturated rings. The van der Waals surface area contributed by atoms with E-state index in [0.717, 1.165) is 13.0 Å². The third-order valence-corrected chi connectivity index (χ3v) is 3.22. The zero-order chi connectivity index (χ0) is 12.3. The Bertz CT molecular complexity index is 406. The monoisotopic (exact) mass is 234 g/mol. The summed E-state index contributed by atoms with van der Waals surface area (Å²) in [5.41, 5.74) is 2.59. The Morgan fingerprint density at radius 3 is 3.00 bits per heavy atom. The number of likely N-dealkylation sites (N-methyl/N-ethyl adjacent to an activating group) is 1. The molecule has 0 aliphatic carbocycles. The van der Waals surface area contributed by atoms with Gasteiger partial charge in [0.05, 0.1) is 7.11 Å². The summed E-state index contributed by atoms with van der Waals surface area (Å²) in [4.78, 5) is 13.8. The van der Waals surface area contributed by atoms with E-state index in [4.69, 9.17) is 4.74 Å². The SMILES string of the molecule is CNC(CN1CCc2ccccc21)C(=O)OC. The van der Waals surface area contributed by atoms with Crippen LogP contribution in [-0.4, -0.2) is 39.3 Å². The van der Waals surface area contributed by atoms with Crippen LogP contribution in [0.1, 0.15) is 5.56 Å². The standard InChI is InChI=1S/C13H18N2O2/c1-14-11(13(16)17-2)9-15-8-7-10-5-3-4-6-12(10)15/h3-6,11,14H,7-9H2,1-2H3. The Morgan fingerprint density at radius 1 is 1.53 bits per heavy atom. The van der Waals surface area contributed by atoms with E-state index in [9.17, 15) is 4.79 Å². The molecule has 0 saturated heterocycles. The molecule has 0 radical (unpaired) electrons. The lowest BCUT2D eigenvalue weighted by Gasteiger charge is -2.24. The average Bonchev–Trinajstić information content (AvgIpc) is 2.78. The van der Waals surface area contributed by atoms with E-state index in [1.807, 2.05) is 6.07 Å². The van der Waals surface area contributed by atoms with Crippen LogP contribution in [-0.2, 0) is 16.0 Å². The molecule has 1 atom stereocenters. The van der Waals surface area contributed by atoms with Crippen molar-refractivity contribution >= 4 is 11.7 Å². The van der Waals surface area contributed by atoms with E-state index in [2.05, 4.69) is 28.4 Å². The molecule has 1 aromatic carbocycles. The van der Waals surface area contributed by atoms with Gasteiger partial charge in [0.1, 0.15) is 6.04 Å². The summed E-state index contributed by atoms with van der Waals surface area (Å²) in [5.74, 6) is -0.211. The lowest BCUT2D eigenvalue weighted by atomic mass is 10.2. The van der Waals surface area contributed by atoms with Crippen molar-refractivity contribution in [2.24, 2.45) is 0 Å². The minimum absolute atomic E-state index is 0.211. The van der Waals surface area contributed by atoms with Gasteiger partial charge in [-0.3, -0.25) is 4.79 Å². The van der Waals surface area contributed by atoms with Gasteiger partial charge in [0, 0.05) is 18.8 Å². The molecule has 1 aromatic rings. The molecular formula is C13H18N2O2. The number of benzene rings is 1. The highest BCUT2D eigenvalue weighted by molar-refractivity contribution is 5.77. The number of hydrogen-bond donors (Lipinski definition) is 1. The zero-order valence-corrected chi connectivity index (χ0v) is 10.3. The van der Waals surface area contributed by atoms with Crippen molar-refractivity contribution in [3.63, 3.8) is 0 Å². The number of nitrogens with one attached hydrogen (secondary N) is 1. The van der Waals surface area contributed by atoms with Crippen molar-refractivity contribution in [1.82, 2.24) is 5.32 Å². The van der Waals surface area contributed by atoms with E-state index in [1.165, 1.54) is 18.4 Å². The Kier molecular flexibility index (Phi) is 3.64. The lowest BCUT2D eigenvalue weighted by Crippen LogP contribution is -2.44. The average molecular weight is 234 g/mol. The second-order valence-corrected chi connectivity index (χ2v) is 4.19. The van der Waals surface area contributed by atoms with Crippen LogP contribution in [0.25, 0.3) is 0 Å². The van der Waals surface area contributed by atoms with Gasteiger partial charge in [-0.2, -0.15) is 0 Å². The Labute approximate surface area is 102 Å². The molecule has 4 nitrogen and oxygen atoms in total. The molecule has 0 saturated carbocycles. The molecule has 2 rings (SSSR count). The van der Waals surface area contributed by atoms with Gasteiger partial charge in [-0.15, -0.1) is 0 Å². The van der Waals surface area contributed by atoms with Crippen molar-refractivity contribution in [2.45, 2.75) is 12.5 Å². The molecule has 1 unspecified atom stereocenters. The largest absolute Gasteiger partial charge is 0.468 e. The highest BCUT2D eigenvalue weighted by atomic mass is 16.5. The topological polar surface area (TPSA) is 41.6 Å². The molecule has 92 valence electrons. The van der Waals surface area contributed by atoms with Crippen LogP contribution in [0.15, 0.2) is 24.3 Å². The zero-order valence-electron chi connectivity index (χ0n) is 10.3. The predicted octanol–water partition coefficient (Wildman–Crippen LogP) is 0.810. The predicted molar refractivity (Wildman–Crippen MR) is 67.2 cm³/mol. The first-order valence-electron chi connectivity index (χ1n) is 5.84. The first kappa shape index (κ1) is 11.9. The van der Waals surface area contributed by atoms with Crippen molar-refractivity contribution < 1.29 is 9.53 Å². The van der Waals surface area contributed by atoms with E-state index >= 15 is 0 Å². The summed E-state index contributed by atoms with van der Waals surface area (Å²) in [6.07, 6.45) is 1.05. The number of methoxy groups -OCH3 is 1. The maximum atomic E-state index is 11.5. The van der Waals surface area contributed by atoms with Gasteiger partial charge in [-0.05, 0) is 25.1 Å². The lowest BCUT2D eigenvalue weighted by molar-refractivity contribution is -0.142. The van der Waals surface area contributed by atoms with Crippen LogP contribution in [0.5, 0.6) is 0 Å². The highest BCUT2D eigenvalue weighted by Gasteiger charge is 2.25. The first-order chi connectivity index (χ1) is 8.26. The smallest absolute Gasteiger partial charge is 0.324 e. The fourth-order valence-electron chi connectivity index (χ4n) is 2.24. The molecule has 1 heterocycles. The van der Waals surface area contributed by atoms with Crippen molar-refractivity contribution in [2.75, 3.05) is 32.1 Å². The number of nitrogens with zero attached hydrogens (tertiary/aromatic N) is 1. The maximum absolute atomic E-state index is 11.5. The van der Waals surface area contributed by atoms with Crippen LogP contribution < -0.4 is 10.2 Å². The number of carbonyl (C=O) groups excluding carboxylic acids is 1. The Balaban J connectivity index is 2.08. The van der Waals surface area contributed by atoms with E-state index in [0.29, 0.717) is 6.54 Å². The second-order valence-electron chi connectivity index (χ2n) is 4.19. The van der Waals surface area contributed by atoms with Gasteiger partial charge in [0.15, 0.2) is 0 Å². The molecule has 17 heavy (non-hydrogen) atoms. The summed E-state index contributed by atoms with van der Waals surface area (Å²) < 4.78 is 4.77. The first-order valence-corrected chi connectivity index (χ1v) is 5.84. The van der Waals surface area contributed by atoms with Gasteiger partial charge in [0.2, 0.25) is 0 Å². The molecule has 0 aromatic heterocycles. The molecule has 0 amide bonds. The number of esters is 1. The maximum Gasteiger partial charge on any atom is 0.324 e. The molecule has 4 heteroatoms. The quantitative estimate of drug-likeness (QED) is 0.783. The van der Waals surface area contributed by atoms with Crippen LogP contribution >= 0.6 is 0 Å². The minimum atomic E-state index is -0.272. The number of para-hydroxylation sites is 1. The summed E-state index contributed by atoms with van der Waals surface area (Å²) in [7, 11) is 3.20. The highest BCUT2D eigenvalue weighted by Crippen LogP contribution is 2.27. The van der Waals surface area contributed by atoms with E-state index in [-0.39, 0.29) is 12.0 Å². The molecule has 1 aliphatic rings. The van der Waals surface area contributed by atoms with Crippen LogP contribution in [0.4, 0.5) is 5.69 Å². The summed E-state index contributed by atoms with van der Waals surface area (Å²) in [6.45, 7) is 1.62. The van der Waals surface area contributed by atoms with Gasteiger partial charge < -0.3 is 15.0 Å². The van der Waals surface area contributed by atoms with E-state index in [1.54, 1.807) is 7.05 Å². The summed E-state index contributed by atoms with van der Waals surface area (Å²) in [5, 5.41) is 2.99. The normalized spacial score (nSPS) is 15.5. The molecular weight excluding hydrogens is 216 g/mol. The Hall–Kier alpha value is -1.55. The van der Waals surface area contributed by atoms with Gasteiger partial charge in [-0.1, -0.05) is 18.2 Å². The number of anilines is 1. The fraction of sp³-hybridized carbons (Fsp3) is 0.462. The van der Waals surface area contributed by atoms with Crippen molar-refractivity contribution in [3.8, 4) is 0 Å². The van der Waals surface area contributed by atoms with Gasteiger partial charge in [-0.25, -0.2) is 0 Å². The third kappa shape index (κ3) is 2.42. The van der Waals surface area contributed by atoms with Crippen LogP contribution in [0, 0.1) is 0 Å². The van der Waals surface area contributed by atoms with Crippen LogP contribution in [0.3, 0.4) is 0 Å². The molecule has 0 spiro atoms. The fourth-order valence-corrected chi connectivity index (χ4v) is 2.24. The number of hydrogen-bond acceptors (Lipinski definition) is 4.